The Labute approximate surface area is 83.2 Å². The van der Waals surface area contributed by atoms with Gasteiger partial charge in [0.15, 0.2) is 0 Å². The maximum absolute atomic E-state index is 11.6. The van der Waals surface area contributed by atoms with Crippen molar-refractivity contribution in [3.8, 4) is 0 Å². The molecular weight excluding hydrogens is 238 g/mol. The molecule has 0 radical (unpaired) electrons. The molecule has 1 aliphatic rings. The molecule has 1 aliphatic heterocycles. The van der Waals surface area contributed by atoms with Crippen LogP contribution in [0.5, 0.6) is 0 Å². The van der Waals surface area contributed by atoms with Crippen LogP contribution in [0.15, 0.2) is 9.26 Å². The predicted molar refractivity (Wildman–Crippen MR) is 47.1 cm³/mol. The summed E-state index contributed by atoms with van der Waals surface area (Å²) < 4.78 is 5.05. The molecule has 1 saturated heterocycles. The van der Waals surface area contributed by atoms with Crippen molar-refractivity contribution >= 4 is 21.8 Å². The summed E-state index contributed by atoms with van der Waals surface area (Å²) in [4.78, 5) is 17.1. The molecular formula is C7H8BrN3O2. The Kier molecular flexibility index (Phi) is 2.30. The monoisotopic (exact) mass is 245 g/mol. The maximum Gasteiger partial charge on any atom is 0.316 e. The first kappa shape index (κ1) is 8.68. The lowest BCUT2D eigenvalue weighted by atomic mass is 10.4. The van der Waals surface area contributed by atoms with Crippen molar-refractivity contribution in [3.05, 3.63) is 10.6 Å². The average Bonchev–Trinajstić information content (AvgIpc) is 2.72. The molecule has 0 unspecified atom stereocenters. The van der Waals surface area contributed by atoms with Crippen molar-refractivity contribution in [1.29, 1.82) is 0 Å². The fourth-order valence-corrected chi connectivity index (χ4v) is 1.58. The highest BCUT2D eigenvalue weighted by molar-refractivity contribution is 9.10. The topological polar surface area (TPSA) is 59.2 Å². The fraction of sp³-hybridized carbons (Fsp3) is 0.571. The number of rotatable bonds is 1. The fourth-order valence-electron chi connectivity index (χ4n) is 1.35. The largest absolute Gasteiger partial charge is 0.334 e. The molecule has 5 nitrogen and oxygen atoms in total. The molecule has 1 fully saturated rings. The van der Waals surface area contributed by atoms with Gasteiger partial charge < -0.3 is 9.42 Å². The van der Waals surface area contributed by atoms with Crippen molar-refractivity contribution in [1.82, 2.24) is 15.0 Å². The van der Waals surface area contributed by atoms with Crippen molar-refractivity contribution in [3.63, 3.8) is 0 Å². The number of carbonyl (C=O) groups is 1. The zero-order chi connectivity index (χ0) is 9.26. The lowest BCUT2D eigenvalue weighted by Crippen LogP contribution is -2.27. The molecule has 13 heavy (non-hydrogen) atoms. The van der Waals surface area contributed by atoms with Gasteiger partial charge >= 0.3 is 11.8 Å². The van der Waals surface area contributed by atoms with E-state index in [1.807, 2.05) is 0 Å². The van der Waals surface area contributed by atoms with Gasteiger partial charge in [-0.15, -0.1) is 0 Å². The molecule has 0 atom stereocenters. The number of amides is 1. The van der Waals surface area contributed by atoms with Gasteiger partial charge in [0.2, 0.25) is 4.73 Å². The lowest BCUT2D eigenvalue weighted by molar-refractivity contribution is 0.0743. The molecule has 0 bridgehead atoms. The highest BCUT2D eigenvalue weighted by Gasteiger charge is 2.24. The van der Waals surface area contributed by atoms with Crippen LogP contribution in [0.1, 0.15) is 23.5 Å². The van der Waals surface area contributed by atoms with Crippen LogP contribution in [-0.4, -0.2) is 34.0 Å². The standard InChI is InChI=1S/C7H8BrN3O2/c8-7-9-5(13-10-7)6(12)11-3-1-2-4-11/h1-4H2. The molecule has 0 spiro atoms. The van der Waals surface area contributed by atoms with Crippen molar-refractivity contribution in [2.75, 3.05) is 13.1 Å². The number of carbonyl (C=O) groups excluding carboxylic acids is 1. The normalized spacial score (nSPS) is 16.5. The van der Waals surface area contributed by atoms with E-state index in [0.29, 0.717) is 4.73 Å². The van der Waals surface area contributed by atoms with Crippen LogP contribution >= 0.6 is 15.9 Å². The first-order chi connectivity index (χ1) is 6.27. The van der Waals surface area contributed by atoms with Gasteiger partial charge in [-0.3, -0.25) is 4.79 Å². The third-order valence-corrected chi connectivity index (χ3v) is 2.30. The van der Waals surface area contributed by atoms with Gasteiger partial charge in [0, 0.05) is 13.1 Å². The van der Waals surface area contributed by atoms with Gasteiger partial charge in [-0.05, 0) is 33.9 Å². The zero-order valence-electron chi connectivity index (χ0n) is 6.86. The lowest BCUT2D eigenvalue weighted by Gasteiger charge is -2.10. The molecule has 0 aliphatic carbocycles. The van der Waals surface area contributed by atoms with E-state index in [2.05, 4.69) is 26.1 Å². The Balaban J connectivity index is 2.12. The van der Waals surface area contributed by atoms with Crippen molar-refractivity contribution in [2.45, 2.75) is 12.8 Å². The van der Waals surface area contributed by atoms with Crippen molar-refractivity contribution in [2.24, 2.45) is 0 Å². The first-order valence-electron chi connectivity index (χ1n) is 4.06. The SMILES string of the molecule is O=C(c1nc(Br)no1)N1CCCC1. The summed E-state index contributed by atoms with van der Waals surface area (Å²) in [6.45, 7) is 1.58. The van der Waals surface area contributed by atoms with Crippen molar-refractivity contribution < 1.29 is 9.32 Å². The summed E-state index contributed by atoms with van der Waals surface area (Å²) in [6.07, 6.45) is 2.11. The second kappa shape index (κ2) is 3.45. The molecule has 6 heteroatoms. The Morgan fingerprint density at radius 1 is 1.46 bits per heavy atom. The first-order valence-corrected chi connectivity index (χ1v) is 4.85. The predicted octanol–water partition coefficient (Wildman–Crippen LogP) is 1.07. The van der Waals surface area contributed by atoms with Gasteiger partial charge in [-0.25, -0.2) is 0 Å². The molecule has 1 aromatic rings. The number of likely N-dealkylation sites (tertiary alicyclic amines) is 1. The zero-order valence-corrected chi connectivity index (χ0v) is 8.45. The van der Waals surface area contributed by atoms with Crippen LogP contribution in [0.2, 0.25) is 0 Å². The summed E-state index contributed by atoms with van der Waals surface area (Å²) >= 11 is 3.02. The minimum atomic E-state index is -0.171. The number of hydrogen-bond acceptors (Lipinski definition) is 4. The summed E-state index contributed by atoms with van der Waals surface area (Å²) in [5.41, 5.74) is 0. The van der Waals surface area contributed by atoms with Gasteiger partial charge in [-0.2, -0.15) is 4.98 Å². The molecule has 2 heterocycles. The quantitative estimate of drug-likeness (QED) is 0.743. The van der Waals surface area contributed by atoms with Crippen LogP contribution < -0.4 is 0 Å². The molecule has 1 aromatic heterocycles. The molecule has 0 aromatic carbocycles. The average molecular weight is 246 g/mol. The number of hydrogen-bond donors (Lipinski definition) is 0. The third kappa shape index (κ3) is 1.72. The maximum atomic E-state index is 11.6. The van der Waals surface area contributed by atoms with E-state index < -0.39 is 0 Å². The molecule has 70 valence electrons. The number of halogens is 1. The summed E-state index contributed by atoms with van der Waals surface area (Å²) in [5.74, 6) is -0.107. The van der Waals surface area contributed by atoms with Gasteiger partial charge in [0.05, 0.1) is 0 Å². The minimum Gasteiger partial charge on any atom is -0.334 e. The van der Waals surface area contributed by atoms with E-state index in [0.717, 1.165) is 25.9 Å². The smallest absolute Gasteiger partial charge is 0.316 e. The Hall–Kier alpha value is -0.910. The second-order valence-electron chi connectivity index (χ2n) is 2.87. The van der Waals surface area contributed by atoms with Gasteiger partial charge in [-0.1, -0.05) is 0 Å². The van der Waals surface area contributed by atoms with E-state index in [9.17, 15) is 4.79 Å². The molecule has 1 amide bonds. The van der Waals surface area contributed by atoms with Crippen LogP contribution in [0, 0.1) is 0 Å². The van der Waals surface area contributed by atoms with Gasteiger partial charge in [0.1, 0.15) is 0 Å². The second-order valence-corrected chi connectivity index (χ2v) is 3.58. The molecule has 0 N–H and O–H groups in total. The van der Waals surface area contributed by atoms with E-state index in [1.165, 1.54) is 0 Å². The minimum absolute atomic E-state index is 0.0637. The van der Waals surface area contributed by atoms with Crippen LogP contribution in [0.3, 0.4) is 0 Å². The highest BCUT2D eigenvalue weighted by atomic mass is 79.9. The summed E-state index contributed by atoms with van der Waals surface area (Å²) in [5, 5.41) is 3.49. The van der Waals surface area contributed by atoms with E-state index in [-0.39, 0.29) is 11.8 Å². The van der Waals surface area contributed by atoms with Gasteiger partial charge in [0.25, 0.3) is 0 Å². The Morgan fingerprint density at radius 3 is 2.69 bits per heavy atom. The Morgan fingerprint density at radius 2 is 2.15 bits per heavy atom. The Bertz CT molecular complexity index is 319. The van der Waals surface area contributed by atoms with Crippen LogP contribution in [0.25, 0.3) is 0 Å². The van der Waals surface area contributed by atoms with E-state index in [1.54, 1.807) is 4.90 Å². The summed E-state index contributed by atoms with van der Waals surface area (Å²) in [6, 6.07) is 0. The number of nitrogens with zero attached hydrogens (tertiary/aromatic N) is 3. The third-order valence-electron chi connectivity index (χ3n) is 1.98. The molecule has 2 rings (SSSR count). The van der Waals surface area contributed by atoms with E-state index in [4.69, 9.17) is 4.52 Å². The van der Waals surface area contributed by atoms with Crippen LogP contribution in [-0.2, 0) is 0 Å². The summed E-state index contributed by atoms with van der Waals surface area (Å²) in [7, 11) is 0. The number of aromatic nitrogens is 2. The van der Waals surface area contributed by atoms with E-state index >= 15 is 0 Å². The molecule has 0 saturated carbocycles. The van der Waals surface area contributed by atoms with Crippen LogP contribution in [0.4, 0.5) is 0 Å². The highest BCUT2D eigenvalue weighted by Crippen LogP contribution is 2.12.